The van der Waals surface area contributed by atoms with Crippen LogP contribution in [-0.2, 0) is 4.74 Å². The number of methoxy groups -OCH3 is 1. The van der Waals surface area contributed by atoms with Crippen molar-refractivity contribution in [2.75, 3.05) is 37.6 Å². The summed E-state index contributed by atoms with van der Waals surface area (Å²) < 4.78 is 10.7. The molecule has 1 aromatic heterocycles. The molecule has 2 rings (SSSR count). The molecule has 1 aliphatic rings. The lowest BCUT2D eigenvalue weighted by atomic mass is 10.1. The number of nitrogens with zero attached hydrogens (tertiary/aromatic N) is 3. The highest BCUT2D eigenvalue weighted by molar-refractivity contribution is 6.17. The van der Waals surface area contributed by atoms with Crippen LogP contribution in [0.4, 0.5) is 5.82 Å². The largest absolute Gasteiger partial charge is 0.481 e. The summed E-state index contributed by atoms with van der Waals surface area (Å²) in [5.74, 6) is 2.07. The molecule has 0 amide bonds. The van der Waals surface area contributed by atoms with Crippen molar-refractivity contribution in [1.82, 2.24) is 9.97 Å². The number of rotatable bonds is 5. The molecule has 5 nitrogen and oxygen atoms in total. The molecule has 0 spiro atoms. The van der Waals surface area contributed by atoms with E-state index in [9.17, 15) is 0 Å². The zero-order chi connectivity index (χ0) is 12.8. The van der Waals surface area contributed by atoms with Gasteiger partial charge in [0.05, 0.1) is 19.8 Å². The maximum absolute atomic E-state index is 5.65. The monoisotopic (exact) mass is 271 g/mol. The van der Waals surface area contributed by atoms with Crippen molar-refractivity contribution in [3.05, 3.63) is 12.4 Å². The zero-order valence-corrected chi connectivity index (χ0v) is 11.3. The van der Waals surface area contributed by atoms with E-state index in [1.165, 1.54) is 6.33 Å². The lowest BCUT2D eigenvalue weighted by Gasteiger charge is -2.32. The first-order valence-electron chi connectivity index (χ1n) is 6.12. The van der Waals surface area contributed by atoms with Gasteiger partial charge in [0.1, 0.15) is 12.1 Å². The van der Waals surface area contributed by atoms with Crippen LogP contribution < -0.4 is 9.64 Å². The number of ether oxygens (including phenoxy) is 2. The van der Waals surface area contributed by atoms with Gasteiger partial charge in [0.15, 0.2) is 0 Å². The third-order valence-corrected chi connectivity index (χ3v) is 3.19. The number of hydrogen-bond donors (Lipinski definition) is 0. The Morgan fingerprint density at radius 3 is 2.83 bits per heavy atom. The maximum Gasteiger partial charge on any atom is 0.218 e. The summed E-state index contributed by atoms with van der Waals surface area (Å²) in [6.07, 6.45) is 3.86. The Balaban J connectivity index is 1.88. The van der Waals surface area contributed by atoms with Crippen molar-refractivity contribution in [1.29, 1.82) is 0 Å². The van der Waals surface area contributed by atoms with Gasteiger partial charge in [0.2, 0.25) is 5.88 Å². The molecule has 0 saturated carbocycles. The topological polar surface area (TPSA) is 47.5 Å². The fraction of sp³-hybridized carbons (Fsp3) is 0.667. The van der Waals surface area contributed by atoms with Gasteiger partial charge in [0.25, 0.3) is 0 Å². The first-order valence-corrected chi connectivity index (χ1v) is 6.65. The molecule has 0 aromatic carbocycles. The Morgan fingerprint density at radius 1 is 1.39 bits per heavy atom. The van der Waals surface area contributed by atoms with Crippen LogP contribution in [0.2, 0.25) is 0 Å². The minimum absolute atomic E-state index is 0.323. The van der Waals surface area contributed by atoms with Gasteiger partial charge in [-0.15, -0.1) is 11.6 Å². The van der Waals surface area contributed by atoms with Gasteiger partial charge in [-0.2, -0.15) is 0 Å². The van der Waals surface area contributed by atoms with E-state index in [0.29, 0.717) is 24.5 Å². The van der Waals surface area contributed by atoms with Crippen molar-refractivity contribution in [3.63, 3.8) is 0 Å². The van der Waals surface area contributed by atoms with E-state index in [2.05, 4.69) is 14.9 Å². The van der Waals surface area contributed by atoms with Gasteiger partial charge in [-0.05, 0) is 12.8 Å². The van der Waals surface area contributed by atoms with Crippen LogP contribution in [0.1, 0.15) is 12.8 Å². The molecule has 0 bridgehead atoms. The molecule has 1 aliphatic heterocycles. The minimum atomic E-state index is 0.323. The predicted octanol–water partition coefficient (Wildman–Crippen LogP) is 1.71. The summed E-state index contributed by atoms with van der Waals surface area (Å²) >= 11 is 5.61. The van der Waals surface area contributed by atoms with Crippen LogP contribution in [0, 0.1) is 0 Å². The van der Waals surface area contributed by atoms with Crippen LogP contribution >= 0.6 is 11.6 Å². The molecule has 0 radical (unpaired) electrons. The Bertz CT molecular complexity index is 370. The molecule has 6 heteroatoms. The summed E-state index contributed by atoms with van der Waals surface area (Å²) in [5, 5.41) is 0. The molecular weight excluding hydrogens is 254 g/mol. The fourth-order valence-electron chi connectivity index (χ4n) is 2.08. The number of piperidine rings is 1. The first-order chi connectivity index (χ1) is 8.83. The number of hydrogen-bond acceptors (Lipinski definition) is 5. The number of anilines is 1. The van der Waals surface area contributed by atoms with Gasteiger partial charge in [-0.25, -0.2) is 9.97 Å². The fourth-order valence-corrected chi connectivity index (χ4v) is 2.17. The summed E-state index contributed by atoms with van der Waals surface area (Å²) in [6.45, 7) is 2.51. The van der Waals surface area contributed by atoms with Crippen LogP contribution in [0.25, 0.3) is 0 Å². The van der Waals surface area contributed by atoms with Gasteiger partial charge >= 0.3 is 0 Å². The normalized spacial score (nSPS) is 16.9. The molecular formula is C12H18ClN3O2. The molecule has 0 aliphatic carbocycles. The second kappa shape index (κ2) is 6.75. The highest BCUT2D eigenvalue weighted by atomic mass is 35.5. The Morgan fingerprint density at radius 2 is 2.17 bits per heavy atom. The molecule has 0 N–H and O–H groups in total. The van der Waals surface area contributed by atoms with E-state index >= 15 is 0 Å². The van der Waals surface area contributed by atoms with Crippen molar-refractivity contribution in [2.45, 2.75) is 18.9 Å². The minimum Gasteiger partial charge on any atom is -0.481 e. The van der Waals surface area contributed by atoms with E-state index in [0.717, 1.165) is 31.7 Å². The highest BCUT2D eigenvalue weighted by Crippen LogP contribution is 2.21. The predicted molar refractivity (Wildman–Crippen MR) is 70.5 cm³/mol. The lowest BCUT2D eigenvalue weighted by molar-refractivity contribution is 0.0471. The highest BCUT2D eigenvalue weighted by Gasteiger charge is 2.20. The van der Waals surface area contributed by atoms with Crippen molar-refractivity contribution in [3.8, 4) is 5.88 Å². The van der Waals surface area contributed by atoms with Crippen LogP contribution in [0.15, 0.2) is 12.4 Å². The van der Waals surface area contributed by atoms with Crippen molar-refractivity contribution in [2.24, 2.45) is 0 Å². The van der Waals surface area contributed by atoms with Gasteiger partial charge in [0, 0.05) is 25.0 Å². The summed E-state index contributed by atoms with van der Waals surface area (Å²) in [6, 6.07) is 1.86. The molecule has 0 atom stereocenters. The molecule has 100 valence electrons. The Labute approximate surface area is 112 Å². The lowest BCUT2D eigenvalue weighted by Crippen LogP contribution is -2.37. The van der Waals surface area contributed by atoms with E-state index in [1.807, 2.05) is 6.07 Å². The molecule has 2 heterocycles. The molecule has 0 unspecified atom stereocenters. The summed E-state index contributed by atoms with van der Waals surface area (Å²) in [7, 11) is 1.61. The quantitative estimate of drug-likeness (QED) is 0.763. The maximum atomic E-state index is 5.65. The van der Waals surface area contributed by atoms with Crippen molar-refractivity contribution < 1.29 is 9.47 Å². The summed E-state index contributed by atoms with van der Waals surface area (Å²) in [4.78, 5) is 10.5. The van der Waals surface area contributed by atoms with Crippen LogP contribution in [-0.4, -0.2) is 48.8 Å². The average Bonchev–Trinajstić information content (AvgIpc) is 2.46. The van der Waals surface area contributed by atoms with Crippen LogP contribution in [0.5, 0.6) is 5.88 Å². The zero-order valence-electron chi connectivity index (χ0n) is 10.5. The molecule has 1 fully saturated rings. The average molecular weight is 272 g/mol. The van der Waals surface area contributed by atoms with Gasteiger partial charge in [-0.1, -0.05) is 0 Å². The van der Waals surface area contributed by atoms with E-state index in [4.69, 9.17) is 21.1 Å². The van der Waals surface area contributed by atoms with E-state index in [-0.39, 0.29) is 0 Å². The smallest absolute Gasteiger partial charge is 0.218 e. The van der Waals surface area contributed by atoms with Crippen molar-refractivity contribution >= 4 is 17.4 Å². The molecule has 1 aromatic rings. The number of halogens is 1. The standard InChI is InChI=1S/C12H18ClN3O2/c1-17-12-8-11(14-9-15-12)16-5-2-10(3-6-16)18-7-4-13/h8-10H,2-7H2,1H3. The number of alkyl halides is 1. The molecule has 18 heavy (non-hydrogen) atoms. The number of aromatic nitrogens is 2. The van der Waals surface area contributed by atoms with E-state index < -0.39 is 0 Å². The van der Waals surface area contributed by atoms with Crippen LogP contribution in [0.3, 0.4) is 0 Å². The van der Waals surface area contributed by atoms with Gasteiger partial charge in [-0.3, -0.25) is 0 Å². The van der Waals surface area contributed by atoms with Gasteiger partial charge < -0.3 is 14.4 Å². The third-order valence-electron chi connectivity index (χ3n) is 3.03. The first kappa shape index (κ1) is 13.4. The second-order valence-electron chi connectivity index (χ2n) is 4.16. The SMILES string of the molecule is COc1cc(N2CCC(OCCCl)CC2)ncn1. The summed E-state index contributed by atoms with van der Waals surface area (Å²) in [5.41, 5.74) is 0. The Kier molecular flexibility index (Phi) is 5.01. The second-order valence-corrected chi connectivity index (χ2v) is 4.54. The third kappa shape index (κ3) is 3.46. The molecule has 1 saturated heterocycles. The van der Waals surface area contributed by atoms with E-state index in [1.54, 1.807) is 7.11 Å². The Hall–Kier alpha value is -1.07.